The molecule has 0 spiro atoms. The third kappa shape index (κ3) is 1.12. The van der Waals surface area contributed by atoms with Gasteiger partial charge in [0.2, 0.25) is 0 Å². The zero-order valence-electron chi connectivity index (χ0n) is 6.62. The van der Waals surface area contributed by atoms with Crippen molar-refractivity contribution in [2.24, 2.45) is 0 Å². The fourth-order valence-corrected chi connectivity index (χ4v) is 1.27. The van der Waals surface area contributed by atoms with E-state index in [-0.39, 0.29) is 0 Å². The second-order valence-corrected chi connectivity index (χ2v) is 3.08. The van der Waals surface area contributed by atoms with E-state index < -0.39 is 0 Å². The zero-order valence-corrected chi connectivity index (χ0v) is 6.62. The van der Waals surface area contributed by atoms with Crippen LogP contribution in [0.25, 0.3) is 0 Å². The van der Waals surface area contributed by atoms with Crippen molar-refractivity contribution in [1.82, 2.24) is 4.98 Å². The number of anilines is 1. The summed E-state index contributed by atoms with van der Waals surface area (Å²) in [5, 5.41) is 8.62. The van der Waals surface area contributed by atoms with Crippen molar-refractivity contribution < 1.29 is 0 Å². The summed E-state index contributed by atoms with van der Waals surface area (Å²) in [6, 6.07) is 3.91. The van der Waals surface area contributed by atoms with Crippen LogP contribution in [0.4, 0.5) is 5.82 Å². The minimum absolute atomic E-state index is 0.561. The Balaban J connectivity index is 2.44. The highest BCUT2D eigenvalue weighted by molar-refractivity contribution is 5.47. The first-order chi connectivity index (χ1) is 5.81. The van der Waals surface area contributed by atoms with Crippen LogP contribution in [0.5, 0.6) is 0 Å². The maximum atomic E-state index is 8.62. The van der Waals surface area contributed by atoms with Gasteiger partial charge in [0.25, 0.3) is 0 Å². The van der Waals surface area contributed by atoms with E-state index in [9.17, 15) is 0 Å². The zero-order chi connectivity index (χ0) is 8.55. The van der Waals surface area contributed by atoms with Gasteiger partial charge in [0.15, 0.2) is 0 Å². The van der Waals surface area contributed by atoms with E-state index in [1.54, 1.807) is 0 Å². The normalized spacial score (nSPS) is 15.6. The molecule has 1 aromatic heterocycles. The predicted octanol–water partition coefficient (Wildman–Crippen LogP) is 1.41. The van der Waals surface area contributed by atoms with Crippen molar-refractivity contribution in [2.75, 3.05) is 5.73 Å². The number of hydrogen-bond acceptors (Lipinski definition) is 3. The average molecular weight is 159 g/mol. The van der Waals surface area contributed by atoms with Crippen LogP contribution in [0, 0.1) is 11.3 Å². The minimum atomic E-state index is 0.561. The van der Waals surface area contributed by atoms with Crippen LogP contribution in [-0.4, -0.2) is 4.98 Å². The fraction of sp³-hybridized carbons (Fsp3) is 0.333. The third-order valence-corrected chi connectivity index (χ3v) is 2.10. The van der Waals surface area contributed by atoms with Crippen molar-refractivity contribution in [3.63, 3.8) is 0 Å². The van der Waals surface area contributed by atoms with E-state index in [0.29, 0.717) is 17.3 Å². The molecule has 0 aromatic carbocycles. The van der Waals surface area contributed by atoms with Crippen molar-refractivity contribution >= 4 is 5.82 Å². The molecule has 3 nitrogen and oxygen atoms in total. The number of nitriles is 1. The van der Waals surface area contributed by atoms with E-state index in [4.69, 9.17) is 11.0 Å². The fourth-order valence-electron chi connectivity index (χ4n) is 1.27. The van der Waals surface area contributed by atoms with Crippen LogP contribution < -0.4 is 5.73 Å². The number of hydrogen-bond donors (Lipinski definition) is 1. The Hall–Kier alpha value is -1.56. The van der Waals surface area contributed by atoms with Crippen molar-refractivity contribution in [1.29, 1.82) is 5.26 Å². The highest BCUT2D eigenvalue weighted by Gasteiger charge is 2.26. The monoisotopic (exact) mass is 159 g/mol. The molecule has 1 aromatic rings. The molecule has 2 N–H and O–H groups in total. The van der Waals surface area contributed by atoms with Crippen LogP contribution in [0.1, 0.15) is 29.9 Å². The molecule has 1 saturated carbocycles. The number of aromatic nitrogens is 1. The Morgan fingerprint density at radius 3 is 2.92 bits per heavy atom. The maximum Gasteiger partial charge on any atom is 0.126 e. The molecule has 0 atom stereocenters. The summed E-state index contributed by atoms with van der Waals surface area (Å²) < 4.78 is 0. The van der Waals surface area contributed by atoms with Gasteiger partial charge in [-0.15, -0.1) is 0 Å². The summed E-state index contributed by atoms with van der Waals surface area (Å²) >= 11 is 0. The van der Waals surface area contributed by atoms with E-state index in [1.165, 1.54) is 19.0 Å². The Labute approximate surface area is 70.8 Å². The molecule has 1 fully saturated rings. The molecule has 3 heteroatoms. The van der Waals surface area contributed by atoms with Crippen LogP contribution >= 0.6 is 0 Å². The first-order valence-electron chi connectivity index (χ1n) is 3.97. The van der Waals surface area contributed by atoms with Crippen LogP contribution in [0.15, 0.2) is 12.3 Å². The molecule has 0 amide bonds. The van der Waals surface area contributed by atoms with Gasteiger partial charge >= 0.3 is 0 Å². The molecule has 1 aliphatic carbocycles. The van der Waals surface area contributed by atoms with Gasteiger partial charge in [-0.3, -0.25) is 0 Å². The van der Waals surface area contributed by atoms with Gasteiger partial charge in [0.1, 0.15) is 11.9 Å². The lowest BCUT2D eigenvalue weighted by Gasteiger charge is -2.01. The maximum absolute atomic E-state index is 8.62. The number of pyridine rings is 1. The lowest BCUT2D eigenvalue weighted by Crippen LogP contribution is -1.96. The summed E-state index contributed by atoms with van der Waals surface area (Å²) in [5.41, 5.74) is 7.32. The number of nitrogen functional groups attached to an aromatic ring is 1. The van der Waals surface area contributed by atoms with Gasteiger partial charge in [0, 0.05) is 6.20 Å². The summed E-state index contributed by atoms with van der Waals surface area (Å²) in [6.07, 6.45) is 3.88. The largest absolute Gasteiger partial charge is 0.383 e. The molecule has 0 aliphatic heterocycles. The molecule has 0 bridgehead atoms. The molecule has 2 rings (SSSR count). The van der Waals surface area contributed by atoms with Crippen molar-refractivity contribution in [3.05, 3.63) is 23.4 Å². The number of nitrogens with two attached hydrogens (primary N) is 1. The second kappa shape index (κ2) is 2.49. The Kier molecular flexibility index (Phi) is 1.47. The molecule has 0 radical (unpaired) electrons. The molecule has 1 aliphatic rings. The smallest absolute Gasteiger partial charge is 0.126 e. The standard InChI is InChI=1S/C9H9N3/c10-4-6-3-8(7-1-2-7)9(11)12-5-6/h3,5,7H,1-2H2,(H2,11,12). The Bertz CT molecular complexity index is 347. The van der Waals surface area contributed by atoms with E-state index >= 15 is 0 Å². The molecule has 1 heterocycles. The highest BCUT2D eigenvalue weighted by atomic mass is 14.8. The number of rotatable bonds is 1. The van der Waals surface area contributed by atoms with E-state index in [2.05, 4.69) is 11.1 Å². The van der Waals surface area contributed by atoms with Crippen LogP contribution in [-0.2, 0) is 0 Å². The molecule has 12 heavy (non-hydrogen) atoms. The van der Waals surface area contributed by atoms with Crippen LogP contribution in [0.3, 0.4) is 0 Å². The van der Waals surface area contributed by atoms with Gasteiger partial charge < -0.3 is 5.73 Å². The van der Waals surface area contributed by atoms with Gasteiger partial charge in [-0.2, -0.15) is 5.26 Å². The Morgan fingerprint density at radius 2 is 2.33 bits per heavy atom. The summed E-state index contributed by atoms with van der Waals surface area (Å²) in [7, 11) is 0. The summed E-state index contributed by atoms with van der Waals surface area (Å²) in [5.74, 6) is 1.14. The lowest BCUT2D eigenvalue weighted by molar-refractivity contribution is 1.10. The molecular formula is C9H9N3. The molecule has 0 saturated heterocycles. The SMILES string of the molecule is N#Cc1cnc(N)c(C2CC2)c1. The van der Waals surface area contributed by atoms with Gasteiger partial charge in [-0.05, 0) is 30.4 Å². The van der Waals surface area contributed by atoms with Crippen LogP contribution in [0.2, 0.25) is 0 Å². The molecule has 0 unspecified atom stereocenters. The second-order valence-electron chi connectivity index (χ2n) is 3.08. The van der Waals surface area contributed by atoms with Gasteiger partial charge in [-0.1, -0.05) is 0 Å². The van der Waals surface area contributed by atoms with E-state index in [1.807, 2.05) is 6.07 Å². The van der Waals surface area contributed by atoms with Gasteiger partial charge in [0.05, 0.1) is 5.56 Å². The average Bonchev–Trinajstić information content (AvgIpc) is 2.88. The molecule has 60 valence electrons. The Morgan fingerprint density at radius 1 is 1.58 bits per heavy atom. The topological polar surface area (TPSA) is 62.7 Å². The summed E-state index contributed by atoms with van der Waals surface area (Å²) in [6.45, 7) is 0. The van der Waals surface area contributed by atoms with Crippen molar-refractivity contribution in [3.8, 4) is 6.07 Å². The quantitative estimate of drug-likeness (QED) is 0.673. The highest BCUT2D eigenvalue weighted by Crippen LogP contribution is 2.42. The molecular weight excluding hydrogens is 150 g/mol. The first-order valence-corrected chi connectivity index (χ1v) is 3.97. The van der Waals surface area contributed by atoms with E-state index in [0.717, 1.165) is 5.56 Å². The predicted molar refractivity (Wildman–Crippen MR) is 45.3 cm³/mol. The van der Waals surface area contributed by atoms with Crippen molar-refractivity contribution in [2.45, 2.75) is 18.8 Å². The third-order valence-electron chi connectivity index (χ3n) is 2.10. The minimum Gasteiger partial charge on any atom is -0.383 e. The lowest BCUT2D eigenvalue weighted by atomic mass is 10.1. The summed E-state index contributed by atoms with van der Waals surface area (Å²) in [4.78, 5) is 3.97. The first kappa shape index (κ1) is 7.11. The number of nitrogens with zero attached hydrogens (tertiary/aromatic N) is 2. The van der Waals surface area contributed by atoms with Gasteiger partial charge in [-0.25, -0.2) is 4.98 Å².